The lowest BCUT2D eigenvalue weighted by atomic mass is 10.00. The number of hydrazone groups is 1. The first-order valence-electron chi connectivity index (χ1n) is 6.91. The number of rotatable bonds is 5. The van der Waals surface area contributed by atoms with Crippen molar-refractivity contribution < 1.29 is 4.79 Å². The predicted octanol–water partition coefficient (Wildman–Crippen LogP) is 1.45. The van der Waals surface area contributed by atoms with Crippen molar-refractivity contribution >= 4 is 23.2 Å². The van der Waals surface area contributed by atoms with Gasteiger partial charge in [0.1, 0.15) is 0 Å². The molecule has 2 atom stereocenters. The van der Waals surface area contributed by atoms with Gasteiger partial charge in [0.15, 0.2) is 0 Å². The van der Waals surface area contributed by atoms with E-state index in [9.17, 15) is 4.79 Å². The molecule has 0 aliphatic rings. The molecule has 6 heteroatoms. The highest BCUT2D eigenvalue weighted by Gasteiger charge is 2.18. The first-order valence-corrected chi connectivity index (χ1v) is 6.91. The Labute approximate surface area is 123 Å². The van der Waals surface area contributed by atoms with Gasteiger partial charge in [0, 0.05) is 12.4 Å². The van der Waals surface area contributed by atoms with Crippen LogP contribution >= 0.6 is 0 Å². The van der Waals surface area contributed by atoms with E-state index in [0.717, 1.165) is 23.0 Å². The normalized spacial score (nSPS) is 14.2. The maximum atomic E-state index is 11.8. The second-order valence-electron chi connectivity index (χ2n) is 4.95. The van der Waals surface area contributed by atoms with E-state index in [-0.39, 0.29) is 11.8 Å². The smallest absolute Gasteiger partial charge is 0.257 e. The summed E-state index contributed by atoms with van der Waals surface area (Å²) >= 11 is 0. The number of fused-ring (bicyclic) bond motifs is 1. The third-order valence-electron chi connectivity index (χ3n) is 3.44. The highest BCUT2D eigenvalue weighted by Crippen LogP contribution is 2.09. The van der Waals surface area contributed by atoms with Crippen LogP contribution in [0.15, 0.2) is 35.7 Å². The lowest BCUT2D eigenvalue weighted by molar-refractivity contribution is -0.123. The van der Waals surface area contributed by atoms with Crippen molar-refractivity contribution in [2.24, 2.45) is 16.8 Å². The van der Waals surface area contributed by atoms with E-state index in [4.69, 9.17) is 5.73 Å². The van der Waals surface area contributed by atoms with E-state index in [1.54, 1.807) is 18.6 Å². The molecular weight excluding hydrogens is 266 g/mol. The molecule has 2 aromatic rings. The molecule has 0 aliphatic heterocycles. The van der Waals surface area contributed by atoms with E-state index < -0.39 is 6.04 Å². The van der Waals surface area contributed by atoms with Crippen LogP contribution in [-0.4, -0.2) is 28.1 Å². The van der Waals surface area contributed by atoms with Gasteiger partial charge in [-0.15, -0.1) is 0 Å². The Hall–Kier alpha value is -2.34. The van der Waals surface area contributed by atoms with Gasteiger partial charge in [-0.3, -0.25) is 14.8 Å². The number of carbonyl (C=O) groups is 1. The minimum Gasteiger partial charge on any atom is -0.320 e. The molecular formula is C15H19N5O. The van der Waals surface area contributed by atoms with Crippen LogP contribution in [0.2, 0.25) is 0 Å². The number of nitrogens with zero attached hydrogens (tertiary/aromatic N) is 3. The molecule has 21 heavy (non-hydrogen) atoms. The maximum Gasteiger partial charge on any atom is 0.257 e. The molecule has 1 aromatic carbocycles. The monoisotopic (exact) mass is 285 g/mol. The van der Waals surface area contributed by atoms with Crippen LogP contribution < -0.4 is 11.2 Å². The van der Waals surface area contributed by atoms with Gasteiger partial charge in [-0.2, -0.15) is 5.10 Å². The minimum atomic E-state index is -0.547. The zero-order valence-electron chi connectivity index (χ0n) is 12.2. The standard InChI is InChI=1S/C15H19N5O/c1-3-10(2)14(16)15(21)20-19-9-11-4-5-12-13(8-11)18-7-6-17-12/h4-10,14H,3,16H2,1-2H3,(H,20,21). The van der Waals surface area contributed by atoms with Crippen LogP contribution in [0.3, 0.4) is 0 Å². The average Bonchev–Trinajstić information content (AvgIpc) is 2.53. The molecule has 2 rings (SSSR count). The van der Waals surface area contributed by atoms with Crippen molar-refractivity contribution in [3.05, 3.63) is 36.2 Å². The zero-order valence-corrected chi connectivity index (χ0v) is 12.2. The Morgan fingerprint density at radius 2 is 2.10 bits per heavy atom. The SMILES string of the molecule is CCC(C)C(N)C(=O)NN=Cc1ccc2nccnc2c1. The highest BCUT2D eigenvalue weighted by atomic mass is 16.2. The van der Waals surface area contributed by atoms with Gasteiger partial charge in [-0.1, -0.05) is 26.3 Å². The summed E-state index contributed by atoms with van der Waals surface area (Å²) in [6.07, 6.45) is 5.69. The lowest BCUT2D eigenvalue weighted by Crippen LogP contribution is -2.42. The molecule has 0 aliphatic carbocycles. The van der Waals surface area contributed by atoms with Gasteiger partial charge in [-0.25, -0.2) is 5.43 Å². The molecule has 0 spiro atoms. The summed E-state index contributed by atoms with van der Waals surface area (Å²) in [6.45, 7) is 3.94. The lowest BCUT2D eigenvalue weighted by Gasteiger charge is -2.15. The van der Waals surface area contributed by atoms with Crippen molar-refractivity contribution in [2.75, 3.05) is 0 Å². The number of hydrogen-bond acceptors (Lipinski definition) is 5. The summed E-state index contributed by atoms with van der Waals surface area (Å²) in [5, 5.41) is 3.93. The first kappa shape index (κ1) is 15.1. The molecule has 0 bridgehead atoms. The number of carbonyl (C=O) groups excluding carboxylic acids is 1. The summed E-state index contributed by atoms with van der Waals surface area (Å²) in [4.78, 5) is 20.2. The van der Waals surface area contributed by atoms with E-state index in [1.165, 1.54) is 0 Å². The summed E-state index contributed by atoms with van der Waals surface area (Å²) < 4.78 is 0. The molecule has 0 saturated heterocycles. The van der Waals surface area contributed by atoms with E-state index in [2.05, 4.69) is 20.5 Å². The first-order chi connectivity index (χ1) is 10.1. The Morgan fingerprint density at radius 3 is 2.81 bits per heavy atom. The van der Waals surface area contributed by atoms with Crippen LogP contribution in [0.4, 0.5) is 0 Å². The molecule has 1 amide bonds. The minimum absolute atomic E-state index is 0.121. The summed E-state index contributed by atoms with van der Waals surface area (Å²) in [7, 11) is 0. The van der Waals surface area contributed by atoms with Gasteiger partial charge in [0.05, 0.1) is 23.3 Å². The molecule has 6 nitrogen and oxygen atoms in total. The topological polar surface area (TPSA) is 93.3 Å². The second kappa shape index (κ2) is 6.90. The van der Waals surface area contributed by atoms with Gasteiger partial charge in [-0.05, 0) is 23.6 Å². The van der Waals surface area contributed by atoms with Crippen LogP contribution in [0.5, 0.6) is 0 Å². The molecule has 1 heterocycles. The summed E-state index contributed by atoms with van der Waals surface area (Å²) in [6, 6.07) is 5.03. The number of nitrogens with two attached hydrogens (primary N) is 1. The fourth-order valence-corrected chi connectivity index (χ4v) is 1.82. The van der Waals surface area contributed by atoms with Gasteiger partial charge in [0.25, 0.3) is 5.91 Å². The molecule has 0 saturated carbocycles. The number of nitrogens with one attached hydrogen (secondary N) is 1. The highest BCUT2D eigenvalue weighted by molar-refractivity contribution is 5.88. The number of hydrogen-bond donors (Lipinski definition) is 2. The van der Waals surface area contributed by atoms with E-state index in [1.807, 2.05) is 32.0 Å². The van der Waals surface area contributed by atoms with Crippen LogP contribution in [-0.2, 0) is 4.79 Å². The predicted molar refractivity (Wildman–Crippen MR) is 82.7 cm³/mol. The molecule has 0 radical (unpaired) electrons. The molecule has 3 N–H and O–H groups in total. The van der Waals surface area contributed by atoms with Crippen LogP contribution in [0.1, 0.15) is 25.8 Å². The molecule has 0 fully saturated rings. The van der Waals surface area contributed by atoms with E-state index >= 15 is 0 Å². The maximum absolute atomic E-state index is 11.8. The van der Waals surface area contributed by atoms with Crippen molar-refractivity contribution in [1.82, 2.24) is 15.4 Å². The number of amides is 1. The Morgan fingerprint density at radius 1 is 1.38 bits per heavy atom. The Kier molecular flexibility index (Phi) is 4.94. The average molecular weight is 285 g/mol. The fourth-order valence-electron chi connectivity index (χ4n) is 1.82. The fraction of sp³-hybridized carbons (Fsp3) is 0.333. The van der Waals surface area contributed by atoms with Gasteiger partial charge in [0.2, 0.25) is 0 Å². The van der Waals surface area contributed by atoms with Gasteiger partial charge >= 0.3 is 0 Å². The summed E-state index contributed by atoms with van der Waals surface area (Å²) in [5.41, 5.74) is 10.7. The quantitative estimate of drug-likeness (QED) is 0.642. The van der Waals surface area contributed by atoms with Crippen molar-refractivity contribution in [3.8, 4) is 0 Å². The Balaban J connectivity index is 2.01. The summed E-state index contributed by atoms with van der Waals surface area (Å²) in [5.74, 6) is -0.155. The zero-order chi connectivity index (χ0) is 15.2. The number of benzene rings is 1. The second-order valence-corrected chi connectivity index (χ2v) is 4.95. The van der Waals surface area contributed by atoms with Gasteiger partial charge < -0.3 is 5.73 Å². The molecule has 1 aromatic heterocycles. The molecule has 2 unspecified atom stereocenters. The third-order valence-corrected chi connectivity index (χ3v) is 3.44. The third kappa shape index (κ3) is 3.82. The number of aromatic nitrogens is 2. The Bertz CT molecular complexity index is 655. The van der Waals surface area contributed by atoms with Crippen LogP contribution in [0, 0.1) is 5.92 Å². The van der Waals surface area contributed by atoms with Crippen molar-refractivity contribution in [2.45, 2.75) is 26.3 Å². The largest absolute Gasteiger partial charge is 0.320 e. The molecule has 110 valence electrons. The van der Waals surface area contributed by atoms with E-state index in [0.29, 0.717) is 0 Å². The van der Waals surface area contributed by atoms with Crippen molar-refractivity contribution in [3.63, 3.8) is 0 Å². The van der Waals surface area contributed by atoms with Crippen LogP contribution in [0.25, 0.3) is 11.0 Å². The van der Waals surface area contributed by atoms with Crippen molar-refractivity contribution in [1.29, 1.82) is 0 Å².